The van der Waals surface area contributed by atoms with Crippen LogP contribution >= 0.6 is 0 Å². The molecule has 1 heterocycles. The number of carbonyl (C=O) groups excluding carboxylic acids is 1. The lowest BCUT2D eigenvalue weighted by Crippen LogP contribution is -2.39. The van der Waals surface area contributed by atoms with Gasteiger partial charge in [-0.25, -0.2) is 4.39 Å². The van der Waals surface area contributed by atoms with Crippen LogP contribution in [0.25, 0.3) is 0 Å². The Labute approximate surface area is 164 Å². The number of hydrogen-bond acceptors (Lipinski definition) is 3. The van der Waals surface area contributed by atoms with Crippen LogP contribution in [-0.2, 0) is 20.5 Å². The fourth-order valence-corrected chi connectivity index (χ4v) is 4.35. The maximum atomic E-state index is 16.2. The van der Waals surface area contributed by atoms with E-state index < -0.39 is 15.7 Å². The minimum Gasteiger partial charge on any atom is -0.356 e. The van der Waals surface area contributed by atoms with Gasteiger partial charge in [-0.2, -0.15) is 8.42 Å². The van der Waals surface area contributed by atoms with Gasteiger partial charge in [0.15, 0.2) is 11.5 Å². The largest absolute Gasteiger partial charge is 0.356 e. The fourth-order valence-electron chi connectivity index (χ4n) is 3.27. The number of hydrogen-bond donors (Lipinski definition) is 1. The third-order valence-electron chi connectivity index (χ3n) is 4.73. The van der Waals surface area contributed by atoms with Gasteiger partial charge in [-0.05, 0) is 25.1 Å². The van der Waals surface area contributed by atoms with Crippen molar-refractivity contribution in [2.45, 2.75) is 30.8 Å². The van der Waals surface area contributed by atoms with E-state index >= 15 is 4.39 Å². The number of alkyl halides is 1. The lowest BCUT2D eigenvalue weighted by Gasteiger charge is -2.23. The molecule has 8 heteroatoms. The predicted molar refractivity (Wildman–Crippen MR) is 107 cm³/mol. The van der Waals surface area contributed by atoms with Crippen molar-refractivity contribution in [3.8, 4) is 0 Å². The zero-order valence-corrected chi connectivity index (χ0v) is 16.8. The first kappa shape index (κ1) is 20.0. The predicted octanol–water partition coefficient (Wildman–Crippen LogP) is 2.92. The molecule has 1 N–H and O–H groups in total. The molecule has 148 valence electrons. The molecule has 2 aromatic carbocycles. The average molecular weight is 403 g/mol. The Morgan fingerprint density at radius 3 is 2.46 bits per heavy atom. The van der Waals surface area contributed by atoms with Gasteiger partial charge in [0.2, 0.25) is 5.91 Å². The second-order valence-corrected chi connectivity index (χ2v) is 8.42. The summed E-state index contributed by atoms with van der Waals surface area (Å²) < 4.78 is 45.7. The van der Waals surface area contributed by atoms with E-state index in [4.69, 9.17) is 0 Å². The number of halogens is 1. The first-order valence-electron chi connectivity index (χ1n) is 8.84. The molecule has 0 aromatic heterocycles. The molecule has 1 amide bonds. The van der Waals surface area contributed by atoms with Gasteiger partial charge < -0.3 is 10.2 Å². The topological polar surface area (TPSA) is 78.8 Å². The van der Waals surface area contributed by atoms with Crippen LogP contribution in [-0.4, -0.2) is 33.8 Å². The smallest absolute Gasteiger partial charge is 0.284 e. The highest BCUT2D eigenvalue weighted by Crippen LogP contribution is 2.45. The van der Waals surface area contributed by atoms with Gasteiger partial charge in [0.25, 0.3) is 10.0 Å². The van der Waals surface area contributed by atoms with E-state index in [1.54, 1.807) is 43.4 Å². The van der Waals surface area contributed by atoms with Crippen LogP contribution in [0.4, 0.5) is 10.1 Å². The zero-order valence-electron chi connectivity index (χ0n) is 15.9. The van der Waals surface area contributed by atoms with Gasteiger partial charge in [-0.1, -0.05) is 35.9 Å². The van der Waals surface area contributed by atoms with Gasteiger partial charge in [0.05, 0.1) is 4.90 Å². The number of likely N-dealkylation sites (N-methyl/N-ethyl adjacent to an activating group) is 1. The van der Waals surface area contributed by atoms with E-state index in [0.29, 0.717) is 11.3 Å². The van der Waals surface area contributed by atoms with Gasteiger partial charge >= 0.3 is 0 Å². The summed E-state index contributed by atoms with van der Waals surface area (Å²) >= 11 is 0. The van der Waals surface area contributed by atoms with Crippen molar-refractivity contribution in [2.75, 3.05) is 18.5 Å². The van der Waals surface area contributed by atoms with E-state index in [9.17, 15) is 13.2 Å². The van der Waals surface area contributed by atoms with Crippen LogP contribution in [0.2, 0.25) is 0 Å². The Morgan fingerprint density at radius 1 is 1.18 bits per heavy atom. The second-order valence-electron chi connectivity index (χ2n) is 6.81. The third-order valence-corrected chi connectivity index (χ3v) is 6.01. The van der Waals surface area contributed by atoms with Crippen LogP contribution in [0.1, 0.15) is 24.5 Å². The minimum atomic E-state index is -4.10. The number of rotatable bonds is 5. The Balaban J connectivity index is 2.07. The van der Waals surface area contributed by atoms with E-state index in [0.717, 1.165) is 5.56 Å². The monoisotopic (exact) mass is 403 g/mol. The molecule has 0 bridgehead atoms. The molecule has 0 saturated heterocycles. The summed E-state index contributed by atoms with van der Waals surface area (Å²) in [5, 5.41) is 2.56. The number of sulfonamides is 1. The third kappa shape index (κ3) is 3.64. The van der Waals surface area contributed by atoms with Gasteiger partial charge in [-0.15, -0.1) is 4.40 Å². The Kier molecular flexibility index (Phi) is 5.25. The molecule has 0 fully saturated rings. The molecule has 1 aliphatic heterocycles. The van der Waals surface area contributed by atoms with E-state index in [1.165, 1.54) is 24.0 Å². The highest BCUT2D eigenvalue weighted by Gasteiger charge is 2.49. The molecule has 0 spiro atoms. The zero-order chi connectivity index (χ0) is 20.5. The summed E-state index contributed by atoms with van der Waals surface area (Å²) in [5.74, 6) is -0.492. The summed E-state index contributed by atoms with van der Waals surface area (Å²) in [4.78, 5) is 12.6. The van der Waals surface area contributed by atoms with Crippen LogP contribution in [0.5, 0.6) is 0 Å². The van der Waals surface area contributed by atoms with Crippen molar-refractivity contribution >= 4 is 27.5 Å². The molecule has 6 nitrogen and oxygen atoms in total. The molecule has 0 unspecified atom stereocenters. The second kappa shape index (κ2) is 7.35. The summed E-state index contributed by atoms with van der Waals surface area (Å²) in [6.45, 7) is 3.24. The molecule has 0 saturated carbocycles. The molecule has 1 atom stereocenters. The number of amidine groups is 1. The molecule has 3 rings (SSSR count). The number of benzene rings is 2. The molecule has 0 aliphatic carbocycles. The Morgan fingerprint density at radius 2 is 1.82 bits per heavy atom. The van der Waals surface area contributed by atoms with E-state index in [1.807, 2.05) is 6.92 Å². The SMILES string of the molecule is CC(=O)NCC[C@]1(F)/C(=N\S(=O)(=O)c2ccc(C)cc2)N(C)c2ccccc21. The lowest BCUT2D eigenvalue weighted by molar-refractivity contribution is -0.119. The lowest BCUT2D eigenvalue weighted by atomic mass is 9.93. The number of fused-ring (bicyclic) bond motifs is 1. The molecular formula is C20H22FN3O3S. The molecule has 1 aliphatic rings. The summed E-state index contributed by atoms with van der Waals surface area (Å²) in [6.07, 6.45) is -0.129. The highest BCUT2D eigenvalue weighted by atomic mass is 32.2. The quantitative estimate of drug-likeness (QED) is 0.833. The average Bonchev–Trinajstić information content (AvgIpc) is 2.84. The van der Waals surface area contributed by atoms with Crippen LogP contribution in [0.3, 0.4) is 0 Å². The van der Waals surface area contributed by atoms with Crippen molar-refractivity contribution in [3.63, 3.8) is 0 Å². The van der Waals surface area contributed by atoms with Crippen molar-refractivity contribution in [2.24, 2.45) is 4.40 Å². The minimum absolute atomic E-state index is 0.000771. The van der Waals surface area contributed by atoms with Gasteiger partial charge in [-0.3, -0.25) is 4.79 Å². The first-order valence-corrected chi connectivity index (χ1v) is 10.3. The number of para-hydroxylation sites is 1. The number of carbonyl (C=O) groups is 1. The summed E-state index contributed by atoms with van der Waals surface area (Å²) in [5.41, 5.74) is -0.343. The van der Waals surface area contributed by atoms with Crippen LogP contribution < -0.4 is 10.2 Å². The number of aryl methyl sites for hydroxylation is 1. The molecule has 2 aromatic rings. The normalized spacial score (nSPS) is 20.3. The van der Waals surface area contributed by atoms with Crippen molar-refractivity contribution in [1.82, 2.24) is 5.32 Å². The van der Waals surface area contributed by atoms with Gasteiger partial charge in [0, 0.05) is 38.2 Å². The Bertz CT molecular complexity index is 1030. The van der Waals surface area contributed by atoms with Crippen molar-refractivity contribution in [3.05, 3.63) is 59.7 Å². The summed E-state index contributed by atoms with van der Waals surface area (Å²) in [6, 6.07) is 13.0. The maximum Gasteiger partial charge on any atom is 0.284 e. The van der Waals surface area contributed by atoms with Crippen molar-refractivity contribution in [1.29, 1.82) is 0 Å². The van der Waals surface area contributed by atoms with E-state index in [2.05, 4.69) is 9.71 Å². The standard InChI is InChI=1S/C20H22FN3O3S/c1-14-8-10-16(11-9-14)28(26,27)23-19-20(21,12-13-22-15(2)25)17-6-4-5-7-18(17)24(19)3/h4-11H,12-13H2,1-3H3,(H,22,25)/b23-19+/t20-/m1/s1. The first-order chi connectivity index (χ1) is 13.1. The number of nitrogens with one attached hydrogen (secondary N) is 1. The van der Waals surface area contributed by atoms with Gasteiger partial charge in [0.1, 0.15) is 0 Å². The molecule has 28 heavy (non-hydrogen) atoms. The molecule has 0 radical (unpaired) electrons. The number of nitrogens with zero attached hydrogens (tertiary/aromatic N) is 2. The number of anilines is 1. The van der Waals surface area contributed by atoms with Crippen LogP contribution in [0, 0.1) is 6.92 Å². The maximum absolute atomic E-state index is 16.2. The fraction of sp³-hybridized carbons (Fsp3) is 0.300. The van der Waals surface area contributed by atoms with E-state index in [-0.39, 0.29) is 29.6 Å². The Hall–Kier alpha value is -2.74. The van der Waals surface area contributed by atoms with Crippen molar-refractivity contribution < 1.29 is 17.6 Å². The summed E-state index contributed by atoms with van der Waals surface area (Å²) in [7, 11) is -2.52. The highest BCUT2D eigenvalue weighted by molar-refractivity contribution is 7.90. The number of amides is 1. The molecular weight excluding hydrogens is 381 g/mol. The van der Waals surface area contributed by atoms with Crippen LogP contribution in [0.15, 0.2) is 57.8 Å².